The van der Waals surface area contributed by atoms with Crippen LogP contribution in [0.2, 0.25) is 0 Å². The maximum absolute atomic E-state index is 12.7. The van der Waals surface area contributed by atoms with Crippen LogP contribution in [-0.4, -0.2) is 29.8 Å². The lowest BCUT2D eigenvalue weighted by atomic mass is 9.97. The van der Waals surface area contributed by atoms with Gasteiger partial charge in [-0.1, -0.05) is 19.1 Å². The van der Waals surface area contributed by atoms with Crippen LogP contribution in [0.15, 0.2) is 18.2 Å². The molecule has 1 aliphatic carbocycles. The minimum absolute atomic E-state index is 0.0990. The van der Waals surface area contributed by atoms with Crippen molar-refractivity contribution < 1.29 is 4.79 Å². The highest BCUT2D eigenvalue weighted by Gasteiger charge is 2.27. The van der Waals surface area contributed by atoms with Crippen LogP contribution in [0.1, 0.15) is 54.1 Å². The van der Waals surface area contributed by atoms with Crippen molar-refractivity contribution >= 4 is 5.78 Å². The first kappa shape index (κ1) is 12.9. The summed E-state index contributed by atoms with van der Waals surface area (Å²) in [5, 5.41) is 0. The molecule has 2 heteroatoms. The van der Waals surface area contributed by atoms with Crippen LogP contribution in [0.5, 0.6) is 0 Å². The largest absolute Gasteiger partial charge is 0.293 e. The van der Waals surface area contributed by atoms with E-state index >= 15 is 0 Å². The molecule has 1 fully saturated rings. The van der Waals surface area contributed by atoms with Gasteiger partial charge in [-0.25, -0.2) is 0 Å². The van der Waals surface area contributed by atoms with Gasteiger partial charge in [0.15, 0.2) is 5.78 Å². The fourth-order valence-corrected chi connectivity index (χ4v) is 3.58. The van der Waals surface area contributed by atoms with Crippen molar-refractivity contribution in [1.82, 2.24) is 4.90 Å². The monoisotopic (exact) mass is 257 g/mol. The molecule has 1 atom stereocenters. The first-order chi connectivity index (χ1) is 9.29. The average molecular weight is 257 g/mol. The van der Waals surface area contributed by atoms with E-state index in [1.165, 1.54) is 36.8 Å². The number of likely N-dealkylation sites (tertiary alicyclic amines) is 1. The lowest BCUT2D eigenvalue weighted by Gasteiger charge is -2.25. The second-order valence-corrected chi connectivity index (χ2v) is 5.87. The van der Waals surface area contributed by atoms with Gasteiger partial charge in [-0.15, -0.1) is 0 Å². The third kappa shape index (κ3) is 2.46. The van der Waals surface area contributed by atoms with Gasteiger partial charge in [0.05, 0.1) is 6.04 Å². The van der Waals surface area contributed by atoms with Gasteiger partial charge in [0.2, 0.25) is 0 Å². The number of rotatable bonds is 4. The van der Waals surface area contributed by atoms with E-state index < -0.39 is 0 Å². The molecule has 1 aromatic rings. The zero-order chi connectivity index (χ0) is 13.2. The Labute approximate surface area is 115 Å². The van der Waals surface area contributed by atoms with Crippen LogP contribution in [0.4, 0.5) is 0 Å². The van der Waals surface area contributed by atoms with Gasteiger partial charge in [0, 0.05) is 5.56 Å². The maximum atomic E-state index is 12.7. The predicted octanol–water partition coefficient (Wildman–Crippen LogP) is 3.23. The molecule has 0 unspecified atom stereocenters. The number of nitrogens with zero attached hydrogens (tertiary/aromatic N) is 1. The van der Waals surface area contributed by atoms with E-state index in [0.717, 1.165) is 31.5 Å². The molecule has 0 spiro atoms. The average Bonchev–Trinajstić information content (AvgIpc) is 3.09. The van der Waals surface area contributed by atoms with Crippen molar-refractivity contribution in [3.63, 3.8) is 0 Å². The summed E-state index contributed by atoms with van der Waals surface area (Å²) in [6.07, 6.45) is 7.00. The zero-order valence-electron chi connectivity index (χ0n) is 11.8. The smallest absolute Gasteiger partial charge is 0.179 e. The molecule has 2 nitrogen and oxygen atoms in total. The van der Waals surface area contributed by atoms with E-state index in [1.54, 1.807) is 0 Å². The molecule has 0 amide bonds. The Bertz CT molecular complexity index is 474. The van der Waals surface area contributed by atoms with E-state index in [9.17, 15) is 4.79 Å². The molecule has 0 aromatic heterocycles. The Morgan fingerprint density at radius 3 is 2.63 bits per heavy atom. The number of Topliss-reactive ketones (excluding diaryl/α,β-unsaturated/α-hetero) is 1. The van der Waals surface area contributed by atoms with E-state index in [1.807, 2.05) is 6.07 Å². The fourth-order valence-electron chi connectivity index (χ4n) is 3.58. The fraction of sp³-hybridized carbons (Fsp3) is 0.588. The summed E-state index contributed by atoms with van der Waals surface area (Å²) in [5.74, 6) is 0.333. The molecule has 1 aromatic carbocycles. The highest BCUT2D eigenvalue weighted by Crippen LogP contribution is 2.25. The number of benzene rings is 1. The zero-order valence-corrected chi connectivity index (χ0v) is 11.8. The number of fused-ring (bicyclic) bond motifs is 1. The second kappa shape index (κ2) is 5.46. The summed E-state index contributed by atoms with van der Waals surface area (Å²) >= 11 is 0. The molecule has 1 aliphatic heterocycles. The Balaban J connectivity index is 1.81. The van der Waals surface area contributed by atoms with E-state index in [-0.39, 0.29) is 6.04 Å². The van der Waals surface area contributed by atoms with E-state index in [2.05, 4.69) is 24.0 Å². The summed E-state index contributed by atoms with van der Waals surface area (Å²) < 4.78 is 0. The standard InChI is InChI=1S/C17H23NO/c1-2-16(18-10-3-4-11-18)17(19)15-9-8-13-6-5-7-14(13)12-15/h8-9,12,16H,2-7,10-11H2,1H3/t16-/m0/s1. The van der Waals surface area contributed by atoms with Crippen LogP contribution in [0, 0.1) is 0 Å². The summed E-state index contributed by atoms with van der Waals surface area (Å²) in [5.41, 5.74) is 3.78. The second-order valence-electron chi connectivity index (χ2n) is 5.87. The summed E-state index contributed by atoms with van der Waals surface area (Å²) in [6.45, 7) is 4.32. The third-order valence-electron chi connectivity index (χ3n) is 4.65. The van der Waals surface area contributed by atoms with E-state index in [4.69, 9.17) is 0 Å². The van der Waals surface area contributed by atoms with Gasteiger partial charge in [0.25, 0.3) is 0 Å². The molecule has 19 heavy (non-hydrogen) atoms. The van der Waals surface area contributed by atoms with Gasteiger partial charge in [-0.3, -0.25) is 9.69 Å². The number of hydrogen-bond acceptors (Lipinski definition) is 2. The molecule has 3 rings (SSSR count). The van der Waals surface area contributed by atoms with Crippen molar-refractivity contribution in [1.29, 1.82) is 0 Å². The topological polar surface area (TPSA) is 20.3 Å². The Morgan fingerprint density at radius 1 is 1.16 bits per heavy atom. The summed E-state index contributed by atoms with van der Waals surface area (Å²) in [7, 11) is 0. The van der Waals surface area contributed by atoms with Crippen LogP contribution in [0.3, 0.4) is 0 Å². The molecular formula is C17H23NO. The first-order valence-corrected chi connectivity index (χ1v) is 7.69. The maximum Gasteiger partial charge on any atom is 0.179 e. The number of carbonyl (C=O) groups excluding carboxylic acids is 1. The molecule has 1 saturated heterocycles. The normalized spacial score (nSPS) is 20.5. The van der Waals surface area contributed by atoms with Crippen molar-refractivity contribution in [2.24, 2.45) is 0 Å². The van der Waals surface area contributed by atoms with Crippen LogP contribution >= 0.6 is 0 Å². The Morgan fingerprint density at radius 2 is 1.89 bits per heavy atom. The van der Waals surface area contributed by atoms with Crippen LogP contribution in [0.25, 0.3) is 0 Å². The number of hydrogen-bond donors (Lipinski definition) is 0. The molecule has 1 heterocycles. The Kier molecular flexibility index (Phi) is 3.69. The molecule has 2 aliphatic rings. The molecular weight excluding hydrogens is 234 g/mol. The van der Waals surface area contributed by atoms with Gasteiger partial charge in [0.1, 0.15) is 0 Å². The number of carbonyl (C=O) groups is 1. The highest BCUT2D eigenvalue weighted by molar-refractivity contribution is 6.00. The Hall–Kier alpha value is -1.15. The van der Waals surface area contributed by atoms with Gasteiger partial charge in [-0.05, 0) is 68.8 Å². The molecule has 0 saturated carbocycles. The lowest BCUT2D eigenvalue weighted by Crippen LogP contribution is -2.38. The first-order valence-electron chi connectivity index (χ1n) is 7.69. The van der Waals surface area contributed by atoms with E-state index in [0.29, 0.717) is 5.78 Å². The minimum Gasteiger partial charge on any atom is -0.293 e. The summed E-state index contributed by atoms with van der Waals surface area (Å²) in [6, 6.07) is 6.47. The van der Waals surface area contributed by atoms with Crippen molar-refractivity contribution in [2.75, 3.05) is 13.1 Å². The molecule has 0 N–H and O–H groups in total. The lowest BCUT2D eigenvalue weighted by molar-refractivity contribution is 0.0844. The molecule has 102 valence electrons. The molecule has 0 bridgehead atoms. The summed E-state index contributed by atoms with van der Waals surface area (Å²) in [4.78, 5) is 15.1. The SMILES string of the molecule is CC[C@@H](C(=O)c1ccc2c(c1)CCC2)N1CCCC1. The highest BCUT2D eigenvalue weighted by atomic mass is 16.1. The quantitative estimate of drug-likeness (QED) is 0.772. The number of aryl methyl sites for hydroxylation is 2. The van der Waals surface area contributed by atoms with Crippen molar-refractivity contribution in [3.05, 3.63) is 34.9 Å². The van der Waals surface area contributed by atoms with Gasteiger partial charge in [-0.2, -0.15) is 0 Å². The number of ketones is 1. The third-order valence-corrected chi connectivity index (χ3v) is 4.65. The molecule has 0 radical (unpaired) electrons. The predicted molar refractivity (Wildman–Crippen MR) is 77.7 cm³/mol. The minimum atomic E-state index is 0.0990. The van der Waals surface area contributed by atoms with Gasteiger partial charge < -0.3 is 0 Å². The van der Waals surface area contributed by atoms with Crippen molar-refractivity contribution in [3.8, 4) is 0 Å². The van der Waals surface area contributed by atoms with Crippen molar-refractivity contribution in [2.45, 2.75) is 51.5 Å². The van der Waals surface area contributed by atoms with Gasteiger partial charge >= 0.3 is 0 Å². The van der Waals surface area contributed by atoms with Crippen LogP contribution < -0.4 is 0 Å². The van der Waals surface area contributed by atoms with Crippen LogP contribution in [-0.2, 0) is 12.8 Å².